The second kappa shape index (κ2) is 6.73. The standard InChI is InChI=1S/C17H20N4O2/c1-20-10-7-19-16(17(20)23)21-8-4-14(5-9-21)15(22)11-13-3-2-6-18-12-13/h2-3,6-7,10,12,14H,4-5,8-9,11H2,1H3. The number of aryl methyl sites for hydroxylation is 1. The zero-order valence-electron chi connectivity index (χ0n) is 13.2. The highest BCUT2D eigenvalue weighted by atomic mass is 16.1. The monoisotopic (exact) mass is 312 g/mol. The minimum absolute atomic E-state index is 0.0546. The van der Waals surface area contributed by atoms with Gasteiger partial charge in [0, 0.05) is 57.3 Å². The lowest BCUT2D eigenvalue weighted by Gasteiger charge is -2.31. The van der Waals surface area contributed by atoms with E-state index < -0.39 is 0 Å². The molecule has 3 heterocycles. The van der Waals surface area contributed by atoms with Gasteiger partial charge in [0.25, 0.3) is 5.56 Å². The van der Waals surface area contributed by atoms with Crippen LogP contribution in [0.4, 0.5) is 5.82 Å². The van der Waals surface area contributed by atoms with E-state index in [0.717, 1.165) is 18.4 Å². The van der Waals surface area contributed by atoms with E-state index in [9.17, 15) is 9.59 Å². The van der Waals surface area contributed by atoms with Gasteiger partial charge in [-0.25, -0.2) is 4.98 Å². The average Bonchev–Trinajstić information content (AvgIpc) is 2.58. The minimum Gasteiger partial charge on any atom is -0.352 e. The molecular formula is C17H20N4O2. The van der Waals surface area contributed by atoms with Crippen LogP contribution in [0.3, 0.4) is 0 Å². The molecule has 0 N–H and O–H groups in total. The van der Waals surface area contributed by atoms with Gasteiger partial charge < -0.3 is 9.47 Å². The Hall–Kier alpha value is -2.50. The van der Waals surface area contributed by atoms with Crippen molar-refractivity contribution in [2.24, 2.45) is 13.0 Å². The van der Waals surface area contributed by atoms with E-state index in [1.165, 1.54) is 4.57 Å². The number of pyridine rings is 1. The van der Waals surface area contributed by atoms with Crippen molar-refractivity contribution < 1.29 is 4.79 Å². The molecule has 23 heavy (non-hydrogen) atoms. The topological polar surface area (TPSA) is 68.1 Å². The van der Waals surface area contributed by atoms with Crippen molar-refractivity contribution in [3.05, 3.63) is 52.8 Å². The van der Waals surface area contributed by atoms with Crippen molar-refractivity contribution >= 4 is 11.6 Å². The van der Waals surface area contributed by atoms with Gasteiger partial charge >= 0.3 is 0 Å². The summed E-state index contributed by atoms with van der Waals surface area (Å²) in [5.41, 5.74) is 0.867. The molecule has 1 saturated heterocycles. The third-order valence-electron chi connectivity index (χ3n) is 4.35. The number of anilines is 1. The van der Waals surface area contributed by atoms with Gasteiger partial charge in [0.15, 0.2) is 5.82 Å². The molecule has 2 aromatic heterocycles. The van der Waals surface area contributed by atoms with Gasteiger partial charge in [-0.05, 0) is 24.5 Å². The maximum Gasteiger partial charge on any atom is 0.293 e. The summed E-state index contributed by atoms with van der Waals surface area (Å²) in [5.74, 6) is 0.791. The van der Waals surface area contributed by atoms with Crippen LogP contribution >= 0.6 is 0 Å². The van der Waals surface area contributed by atoms with Crippen LogP contribution < -0.4 is 10.5 Å². The molecule has 120 valence electrons. The van der Waals surface area contributed by atoms with E-state index >= 15 is 0 Å². The number of piperidine rings is 1. The van der Waals surface area contributed by atoms with Crippen molar-refractivity contribution in [3.8, 4) is 0 Å². The highest BCUT2D eigenvalue weighted by molar-refractivity contribution is 5.83. The summed E-state index contributed by atoms with van der Waals surface area (Å²) in [7, 11) is 1.72. The molecule has 3 rings (SSSR count). The number of hydrogen-bond donors (Lipinski definition) is 0. The Morgan fingerprint density at radius 1 is 1.30 bits per heavy atom. The Balaban J connectivity index is 1.61. The van der Waals surface area contributed by atoms with Gasteiger partial charge in [0.2, 0.25) is 0 Å². The smallest absolute Gasteiger partial charge is 0.293 e. The molecule has 6 heteroatoms. The van der Waals surface area contributed by atoms with Crippen LogP contribution in [0.25, 0.3) is 0 Å². The second-order valence-corrected chi connectivity index (χ2v) is 5.93. The summed E-state index contributed by atoms with van der Waals surface area (Å²) in [6, 6.07) is 3.78. The molecule has 6 nitrogen and oxygen atoms in total. The Kier molecular flexibility index (Phi) is 4.50. The summed E-state index contributed by atoms with van der Waals surface area (Å²) in [6.45, 7) is 1.38. The maximum atomic E-state index is 12.4. The van der Waals surface area contributed by atoms with E-state index in [1.54, 1.807) is 31.8 Å². The summed E-state index contributed by atoms with van der Waals surface area (Å²) in [6.07, 6.45) is 8.69. The van der Waals surface area contributed by atoms with Crippen LogP contribution in [0.5, 0.6) is 0 Å². The molecule has 0 unspecified atom stereocenters. The van der Waals surface area contributed by atoms with Crippen molar-refractivity contribution in [3.63, 3.8) is 0 Å². The Bertz CT molecular complexity index is 734. The van der Waals surface area contributed by atoms with E-state index in [1.807, 2.05) is 17.0 Å². The molecule has 0 aliphatic carbocycles. The molecule has 0 radical (unpaired) electrons. The fourth-order valence-corrected chi connectivity index (χ4v) is 2.96. The molecule has 0 amide bonds. The SMILES string of the molecule is Cn1ccnc(N2CCC(C(=O)Cc3cccnc3)CC2)c1=O. The molecule has 1 aliphatic rings. The first-order valence-electron chi connectivity index (χ1n) is 7.83. The minimum atomic E-state index is -0.0902. The molecule has 1 aliphatic heterocycles. The number of carbonyl (C=O) groups excluding carboxylic acids is 1. The fraction of sp³-hybridized carbons (Fsp3) is 0.412. The first-order valence-corrected chi connectivity index (χ1v) is 7.83. The van der Waals surface area contributed by atoms with Crippen LogP contribution in [-0.4, -0.2) is 33.4 Å². The molecule has 0 aromatic carbocycles. The van der Waals surface area contributed by atoms with Gasteiger partial charge in [-0.3, -0.25) is 14.6 Å². The average molecular weight is 312 g/mol. The third-order valence-corrected chi connectivity index (χ3v) is 4.35. The van der Waals surface area contributed by atoms with Gasteiger partial charge in [-0.2, -0.15) is 0 Å². The lowest BCUT2D eigenvalue weighted by Crippen LogP contribution is -2.40. The maximum absolute atomic E-state index is 12.4. The molecule has 0 bridgehead atoms. The van der Waals surface area contributed by atoms with E-state index in [-0.39, 0.29) is 17.3 Å². The number of Topliss-reactive ketones (excluding diaryl/α,β-unsaturated/α-hetero) is 1. The van der Waals surface area contributed by atoms with Crippen LogP contribution in [0.1, 0.15) is 18.4 Å². The van der Waals surface area contributed by atoms with E-state index in [4.69, 9.17) is 0 Å². The van der Waals surface area contributed by atoms with Crippen LogP contribution in [-0.2, 0) is 18.3 Å². The van der Waals surface area contributed by atoms with E-state index in [2.05, 4.69) is 9.97 Å². The summed E-state index contributed by atoms with van der Waals surface area (Å²) in [5, 5.41) is 0. The molecular weight excluding hydrogens is 292 g/mol. The molecule has 0 atom stereocenters. The molecule has 0 spiro atoms. The van der Waals surface area contributed by atoms with Crippen LogP contribution in [0, 0.1) is 5.92 Å². The van der Waals surface area contributed by atoms with Crippen molar-refractivity contribution in [2.75, 3.05) is 18.0 Å². The van der Waals surface area contributed by atoms with Crippen molar-refractivity contribution in [1.29, 1.82) is 0 Å². The number of nitrogens with zero attached hydrogens (tertiary/aromatic N) is 4. The predicted molar refractivity (Wildman–Crippen MR) is 87.4 cm³/mol. The van der Waals surface area contributed by atoms with Gasteiger partial charge in [-0.15, -0.1) is 0 Å². The quantitative estimate of drug-likeness (QED) is 0.848. The van der Waals surface area contributed by atoms with E-state index in [0.29, 0.717) is 25.3 Å². The number of hydrogen-bond acceptors (Lipinski definition) is 5. The zero-order valence-corrected chi connectivity index (χ0v) is 13.2. The Labute approximate surface area is 134 Å². The van der Waals surface area contributed by atoms with Gasteiger partial charge in [0.05, 0.1) is 0 Å². The normalized spacial score (nSPS) is 15.6. The van der Waals surface area contributed by atoms with Crippen molar-refractivity contribution in [1.82, 2.24) is 14.5 Å². The lowest BCUT2D eigenvalue weighted by atomic mass is 9.89. The highest BCUT2D eigenvalue weighted by Gasteiger charge is 2.26. The largest absolute Gasteiger partial charge is 0.352 e. The first-order chi connectivity index (χ1) is 11.1. The van der Waals surface area contributed by atoms with Crippen LogP contribution in [0.15, 0.2) is 41.7 Å². The Morgan fingerprint density at radius 3 is 2.78 bits per heavy atom. The zero-order chi connectivity index (χ0) is 16.2. The second-order valence-electron chi connectivity index (χ2n) is 5.93. The number of aromatic nitrogens is 3. The number of carbonyl (C=O) groups is 1. The lowest BCUT2D eigenvalue weighted by molar-refractivity contribution is -0.122. The van der Waals surface area contributed by atoms with Crippen LogP contribution in [0.2, 0.25) is 0 Å². The van der Waals surface area contributed by atoms with Gasteiger partial charge in [0.1, 0.15) is 5.78 Å². The number of rotatable bonds is 4. The summed E-state index contributed by atoms with van der Waals surface area (Å²) in [4.78, 5) is 34.7. The molecule has 0 saturated carbocycles. The summed E-state index contributed by atoms with van der Waals surface area (Å²) < 4.78 is 1.53. The Morgan fingerprint density at radius 2 is 2.09 bits per heavy atom. The number of ketones is 1. The molecule has 2 aromatic rings. The van der Waals surface area contributed by atoms with Crippen molar-refractivity contribution in [2.45, 2.75) is 19.3 Å². The summed E-state index contributed by atoms with van der Waals surface area (Å²) >= 11 is 0. The molecule has 1 fully saturated rings. The highest BCUT2D eigenvalue weighted by Crippen LogP contribution is 2.21. The fourth-order valence-electron chi connectivity index (χ4n) is 2.96. The predicted octanol–water partition coefficient (Wildman–Crippen LogP) is 1.20. The third kappa shape index (κ3) is 3.47. The van der Waals surface area contributed by atoms with Gasteiger partial charge in [-0.1, -0.05) is 6.07 Å². The first kappa shape index (κ1) is 15.4.